The predicted octanol–water partition coefficient (Wildman–Crippen LogP) is 1.77. The standard InChI is InChI=1S/C26H40N6O8/c1-24(2,3)40-23(36)29-18(21(34)35)9-8-14-28-22(27)30-19(33)15-39-17-12-10-16(11-13-17)20-31(37)25(4,5)26(6,7)32(20)38/h10-13,18,37H,8-9,14-15H2,1-7H3,(H,29,36)(H,34,35)(H3,27,28,30,33)/t18-/m0/s1. The Bertz CT molecular complexity index is 1150. The van der Waals surface area contributed by atoms with Crippen molar-refractivity contribution in [1.82, 2.24) is 15.7 Å². The fraction of sp³-hybridized carbons (Fsp3) is 0.577. The Balaban J connectivity index is 1.83. The number of carbonyl (C=O) groups is 3. The summed E-state index contributed by atoms with van der Waals surface area (Å²) in [5, 5.41) is 38.4. The number of carbonyl (C=O) groups excluding carboxylic acids is 2. The normalized spacial score (nSPS) is 17.3. The highest BCUT2D eigenvalue weighted by atomic mass is 16.6. The SMILES string of the molecule is CC(C)(C)OC(=O)N[C@@H](CCCN=C(N)NC(=O)COc1ccc(C2=[N+]([O-])C(C)(C)C(C)(C)N2O)cc1)C(=O)O. The van der Waals surface area contributed by atoms with E-state index < -0.39 is 40.7 Å². The van der Waals surface area contributed by atoms with Crippen LogP contribution in [0.1, 0.15) is 66.9 Å². The van der Waals surface area contributed by atoms with Gasteiger partial charge in [-0.05, 0) is 85.6 Å². The van der Waals surface area contributed by atoms with Crippen molar-refractivity contribution in [2.45, 2.75) is 84.0 Å². The molecule has 0 aromatic heterocycles. The minimum atomic E-state index is -1.21. The summed E-state index contributed by atoms with van der Waals surface area (Å²) in [6.07, 6.45) is -0.492. The number of hydrogen-bond donors (Lipinski definition) is 5. The van der Waals surface area contributed by atoms with Gasteiger partial charge in [0.15, 0.2) is 18.1 Å². The number of guanidine groups is 1. The van der Waals surface area contributed by atoms with Gasteiger partial charge in [-0.15, -0.1) is 5.06 Å². The quantitative estimate of drug-likeness (QED) is 0.0916. The van der Waals surface area contributed by atoms with Crippen molar-refractivity contribution in [2.75, 3.05) is 13.2 Å². The number of hydroxylamine groups is 3. The minimum Gasteiger partial charge on any atom is -0.714 e. The highest BCUT2D eigenvalue weighted by Crippen LogP contribution is 2.37. The number of rotatable bonds is 10. The Morgan fingerprint density at radius 2 is 1.77 bits per heavy atom. The van der Waals surface area contributed by atoms with E-state index in [1.807, 2.05) is 0 Å². The molecule has 14 heteroatoms. The maximum absolute atomic E-state index is 12.8. The number of alkyl carbamates (subject to hydrolysis) is 1. The van der Waals surface area contributed by atoms with Crippen LogP contribution in [0, 0.1) is 5.21 Å². The molecule has 1 aliphatic heterocycles. The largest absolute Gasteiger partial charge is 0.714 e. The maximum Gasteiger partial charge on any atom is 0.408 e. The van der Waals surface area contributed by atoms with Gasteiger partial charge in [0.1, 0.15) is 22.9 Å². The number of aliphatic imine (C=N–C) groups is 1. The summed E-state index contributed by atoms with van der Waals surface area (Å²) in [4.78, 5) is 39.4. The molecule has 0 aliphatic carbocycles. The van der Waals surface area contributed by atoms with Crippen LogP contribution in [0.5, 0.6) is 5.75 Å². The molecule has 1 heterocycles. The van der Waals surface area contributed by atoms with Gasteiger partial charge in [0.25, 0.3) is 5.91 Å². The Morgan fingerprint density at radius 1 is 1.18 bits per heavy atom. The topological polar surface area (TPSA) is 202 Å². The highest BCUT2D eigenvalue weighted by Gasteiger charge is 2.58. The predicted molar refractivity (Wildman–Crippen MR) is 146 cm³/mol. The second-order valence-corrected chi connectivity index (χ2v) is 11.4. The lowest BCUT2D eigenvalue weighted by molar-refractivity contribution is -0.539. The molecule has 1 aromatic carbocycles. The van der Waals surface area contributed by atoms with Crippen LogP contribution in [-0.2, 0) is 14.3 Å². The lowest BCUT2D eigenvalue weighted by Gasteiger charge is -2.33. The van der Waals surface area contributed by atoms with Crippen molar-refractivity contribution in [2.24, 2.45) is 10.7 Å². The van der Waals surface area contributed by atoms with E-state index in [4.69, 9.17) is 15.2 Å². The third kappa shape index (κ3) is 7.97. The maximum atomic E-state index is 12.8. The number of nitrogens with zero attached hydrogens (tertiary/aromatic N) is 3. The monoisotopic (exact) mass is 564 g/mol. The number of carboxylic acids is 1. The molecule has 0 saturated heterocycles. The number of ether oxygens (including phenoxy) is 2. The van der Waals surface area contributed by atoms with E-state index >= 15 is 0 Å². The van der Waals surface area contributed by atoms with E-state index in [0.29, 0.717) is 11.3 Å². The molecule has 14 nitrogen and oxygen atoms in total. The van der Waals surface area contributed by atoms with Crippen LogP contribution in [0.2, 0.25) is 0 Å². The average Bonchev–Trinajstić information content (AvgIpc) is 2.95. The molecule has 0 radical (unpaired) electrons. The zero-order valence-corrected chi connectivity index (χ0v) is 24.0. The molecule has 0 spiro atoms. The highest BCUT2D eigenvalue weighted by molar-refractivity contribution is 5.97. The minimum absolute atomic E-state index is 0.0741. The van der Waals surface area contributed by atoms with Crippen LogP contribution in [0.25, 0.3) is 0 Å². The van der Waals surface area contributed by atoms with Gasteiger partial charge in [0, 0.05) is 6.54 Å². The van der Waals surface area contributed by atoms with Crippen LogP contribution < -0.4 is 21.1 Å². The molecule has 0 fully saturated rings. The summed E-state index contributed by atoms with van der Waals surface area (Å²) < 4.78 is 11.3. The number of carboxylic acid groups (broad SMARTS) is 1. The Morgan fingerprint density at radius 3 is 2.27 bits per heavy atom. The first-order valence-electron chi connectivity index (χ1n) is 12.8. The number of benzene rings is 1. The van der Waals surface area contributed by atoms with Gasteiger partial charge >= 0.3 is 17.9 Å². The number of aliphatic carboxylic acids is 1. The molecular formula is C26H40N6O8. The fourth-order valence-corrected chi connectivity index (χ4v) is 3.63. The number of amides is 2. The van der Waals surface area contributed by atoms with Crippen molar-refractivity contribution in [3.63, 3.8) is 0 Å². The van der Waals surface area contributed by atoms with E-state index in [9.17, 15) is 29.9 Å². The molecule has 1 atom stereocenters. The third-order valence-corrected chi connectivity index (χ3v) is 6.60. The Labute approximate surface area is 233 Å². The van der Waals surface area contributed by atoms with Crippen LogP contribution in [0.3, 0.4) is 0 Å². The molecule has 222 valence electrons. The molecule has 1 aliphatic rings. The van der Waals surface area contributed by atoms with Crippen molar-refractivity contribution >= 4 is 29.8 Å². The van der Waals surface area contributed by atoms with E-state index in [2.05, 4.69) is 15.6 Å². The summed E-state index contributed by atoms with van der Waals surface area (Å²) in [5.41, 5.74) is 3.74. The number of hydrogen-bond acceptors (Lipinski definition) is 9. The summed E-state index contributed by atoms with van der Waals surface area (Å²) in [6.45, 7) is 11.8. The number of nitrogens with two attached hydrogens (primary N) is 1. The molecule has 0 saturated carbocycles. The van der Waals surface area contributed by atoms with E-state index in [0.717, 1.165) is 9.80 Å². The molecule has 1 aromatic rings. The van der Waals surface area contributed by atoms with Crippen molar-refractivity contribution in [3.05, 3.63) is 35.0 Å². The zero-order chi connectivity index (χ0) is 30.5. The molecule has 0 unspecified atom stereocenters. The van der Waals surface area contributed by atoms with Crippen LogP contribution in [-0.4, -0.2) is 85.8 Å². The summed E-state index contributed by atoms with van der Waals surface area (Å²) in [7, 11) is 0. The van der Waals surface area contributed by atoms with Crippen LogP contribution >= 0.6 is 0 Å². The lowest BCUT2D eigenvalue weighted by Crippen LogP contribution is -2.53. The van der Waals surface area contributed by atoms with Gasteiger partial charge in [-0.3, -0.25) is 19.8 Å². The molecule has 40 heavy (non-hydrogen) atoms. The Kier molecular flexibility index (Phi) is 9.97. The summed E-state index contributed by atoms with van der Waals surface area (Å²) >= 11 is 0. The second kappa shape index (κ2) is 12.4. The first kappa shape index (κ1) is 32.1. The van der Waals surface area contributed by atoms with Gasteiger partial charge in [-0.25, -0.2) is 14.8 Å². The molecule has 6 N–H and O–H groups in total. The van der Waals surface area contributed by atoms with Gasteiger partial charge in [0.2, 0.25) is 0 Å². The molecular weight excluding hydrogens is 524 g/mol. The lowest BCUT2D eigenvalue weighted by atomic mass is 9.84. The van der Waals surface area contributed by atoms with Gasteiger partial charge in [-0.2, -0.15) is 0 Å². The van der Waals surface area contributed by atoms with Crippen LogP contribution in [0.15, 0.2) is 29.3 Å². The van der Waals surface area contributed by atoms with Gasteiger partial charge in [-0.1, -0.05) is 0 Å². The number of nitrogens with one attached hydrogen (secondary N) is 2. The van der Waals surface area contributed by atoms with Crippen molar-refractivity contribution < 1.29 is 38.9 Å². The summed E-state index contributed by atoms with van der Waals surface area (Å²) in [5.74, 6) is -1.49. The number of amidine groups is 1. The third-order valence-electron chi connectivity index (χ3n) is 6.60. The van der Waals surface area contributed by atoms with Crippen molar-refractivity contribution in [3.8, 4) is 5.75 Å². The smallest absolute Gasteiger partial charge is 0.408 e. The summed E-state index contributed by atoms with van der Waals surface area (Å²) in [6, 6.07) is 5.18. The fourth-order valence-electron chi connectivity index (χ4n) is 3.63. The molecule has 0 bridgehead atoms. The van der Waals surface area contributed by atoms with E-state index in [-0.39, 0.29) is 37.8 Å². The molecule has 2 amide bonds. The van der Waals surface area contributed by atoms with E-state index in [1.165, 1.54) is 0 Å². The second-order valence-electron chi connectivity index (χ2n) is 11.4. The molecule has 2 rings (SSSR count). The zero-order valence-electron chi connectivity index (χ0n) is 24.0. The first-order valence-corrected chi connectivity index (χ1v) is 12.8. The average molecular weight is 565 g/mol. The van der Waals surface area contributed by atoms with Gasteiger partial charge in [0.05, 0.1) is 5.56 Å². The van der Waals surface area contributed by atoms with Gasteiger partial charge < -0.3 is 30.8 Å². The van der Waals surface area contributed by atoms with Crippen molar-refractivity contribution in [1.29, 1.82) is 0 Å². The van der Waals surface area contributed by atoms with E-state index in [1.54, 1.807) is 72.7 Å². The van der Waals surface area contributed by atoms with Crippen LogP contribution in [0.4, 0.5) is 4.79 Å². The Hall–Kier alpha value is -4.07. The first-order chi connectivity index (χ1) is 18.4.